The first-order chi connectivity index (χ1) is 14.5. The average molecular weight is 400 g/mol. The molecule has 0 atom stereocenters. The Morgan fingerprint density at radius 1 is 0.933 bits per heavy atom. The fourth-order valence-electron chi connectivity index (χ4n) is 4.18. The molecular formula is C26H26FN3. The van der Waals surface area contributed by atoms with Crippen molar-refractivity contribution in [3.05, 3.63) is 99.9 Å². The van der Waals surface area contributed by atoms with Crippen LogP contribution in [0.5, 0.6) is 0 Å². The smallest absolute Gasteiger partial charge is 0.134 e. The van der Waals surface area contributed by atoms with Gasteiger partial charge in [-0.1, -0.05) is 42.0 Å². The molecule has 0 saturated carbocycles. The molecule has 0 aromatic heterocycles. The lowest BCUT2D eigenvalue weighted by Gasteiger charge is -2.17. The van der Waals surface area contributed by atoms with Crippen LogP contribution in [0, 0.1) is 12.7 Å². The first-order valence-corrected chi connectivity index (χ1v) is 10.2. The second-order valence-corrected chi connectivity index (χ2v) is 7.79. The number of aryl methyl sites for hydroxylation is 2. The van der Waals surface area contributed by atoms with Gasteiger partial charge in [-0.25, -0.2) is 4.39 Å². The summed E-state index contributed by atoms with van der Waals surface area (Å²) in [7, 11) is 1.56. The molecule has 4 heteroatoms. The monoisotopic (exact) mass is 399 g/mol. The molecule has 3 nitrogen and oxygen atoms in total. The average Bonchev–Trinajstić information content (AvgIpc) is 2.93. The maximum Gasteiger partial charge on any atom is 0.134 e. The molecule has 4 N–H and O–H groups in total. The van der Waals surface area contributed by atoms with E-state index in [4.69, 9.17) is 11.5 Å². The fraction of sp³-hybridized carbons (Fsp3) is 0.192. The number of aliphatic imine (C=N–C) groups is 1. The summed E-state index contributed by atoms with van der Waals surface area (Å²) in [5.41, 5.74) is 20.9. The van der Waals surface area contributed by atoms with Crippen molar-refractivity contribution in [2.75, 3.05) is 12.8 Å². The highest BCUT2D eigenvalue weighted by atomic mass is 19.1. The van der Waals surface area contributed by atoms with Crippen LogP contribution in [0.3, 0.4) is 0 Å². The summed E-state index contributed by atoms with van der Waals surface area (Å²) in [6.07, 6.45) is 2.77. The largest absolute Gasteiger partial charge is 0.399 e. The zero-order valence-electron chi connectivity index (χ0n) is 17.4. The summed E-state index contributed by atoms with van der Waals surface area (Å²) < 4.78 is 14.9. The third-order valence-electron chi connectivity index (χ3n) is 5.75. The number of anilines is 1. The molecule has 0 aliphatic heterocycles. The topological polar surface area (TPSA) is 64.4 Å². The third kappa shape index (κ3) is 3.73. The van der Waals surface area contributed by atoms with E-state index in [0.29, 0.717) is 5.56 Å². The SMILES string of the molecule is CN=C(N)c1ccc(C2=C(c3ccc(C)cc3)c3ccc(N)cc3CCC2)cc1F. The number of nitrogens with two attached hydrogens (primary N) is 2. The molecule has 3 aromatic carbocycles. The van der Waals surface area contributed by atoms with E-state index in [1.165, 1.54) is 16.7 Å². The van der Waals surface area contributed by atoms with E-state index >= 15 is 0 Å². The Kier molecular flexibility index (Phi) is 5.40. The van der Waals surface area contributed by atoms with Crippen LogP contribution in [0.4, 0.5) is 10.1 Å². The first-order valence-electron chi connectivity index (χ1n) is 10.2. The zero-order valence-corrected chi connectivity index (χ0v) is 17.4. The van der Waals surface area contributed by atoms with E-state index in [9.17, 15) is 4.39 Å². The Labute approximate surface area is 177 Å². The molecule has 0 heterocycles. The molecule has 0 fully saturated rings. The lowest BCUT2D eigenvalue weighted by atomic mass is 9.87. The summed E-state index contributed by atoms with van der Waals surface area (Å²) in [4.78, 5) is 3.92. The van der Waals surface area contributed by atoms with Crippen LogP contribution in [0.1, 0.15) is 46.2 Å². The summed E-state index contributed by atoms with van der Waals surface area (Å²) in [5.74, 6) is -0.151. The van der Waals surface area contributed by atoms with Crippen molar-refractivity contribution in [1.29, 1.82) is 0 Å². The number of hydrogen-bond donors (Lipinski definition) is 2. The number of amidine groups is 1. The van der Waals surface area contributed by atoms with Gasteiger partial charge in [0.25, 0.3) is 0 Å². The molecule has 0 bridgehead atoms. The number of halogens is 1. The second kappa shape index (κ2) is 8.15. The molecule has 30 heavy (non-hydrogen) atoms. The van der Waals surface area contributed by atoms with Crippen LogP contribution in [0.2, 0.25) is 0 Å². The molecule has 3 aromatic rings. The molecule has 0 radical (unpaired) electrons. The van der Waals surface area contributed by atoms with Gasteiger partial charge in [-0.05, 0) is 83.9 Å². The van der Waals surface area contributed by atoms with E-state index in [1.807, 2.05) is 12.1 Å². The molecule has 1 aliphatic carbocycles. The highest BCUT2D eigenvalue weighted by Crippen LogP contribution is 2.40. The predicted octanol–water partition coefficient (Wildman–Crippen LogP) is 5.35. The number of fused-ring (bicyclic) bond motifs is 1. The molecule has 152 valence electrons. The maximum atomic E-state index is 14.9. The Bertz CT molecular complexity index is 1160. The highest BCUT2D eigenvalue weighted by molar-refractivity contribution is 6.01. The number of hydrogen-bond acceptors (Lipinski definition) is 2. The molecule has 0 saturated heterocycles. The van der Waals surface area contributed by atoms with Gasteiger partial charge in [0.2, 0.25) is 0 Å². The van der Waals surface area contributed by atoms with Gasteiger partial charge in [-0.15, -0.1) is 0 Å². The number of rotatable bonds is 3. The molecule has 0 unspecified atom stereocenters. The minimum atomic E-state index is -0.354. The minimum Gasteiger partial charge on any atom is -0.399 e. The normalized spacial score (nSPS) is 14.4. The lowest BCUT2D eigenvalue weighted by Crippen LogP contribution is -2.15. The van der Waals surface area contributed by atoms with Crippen molar-refractivity contribution in [3.63, 3.8) is 0 Å². The van der Waals surface area contributed by atoms with E-state index in [2.05, 4.69) is 48.3 Å². The van der Waals surface area contributed by atoms with Gasteiger partial charge in [0, 0.05) is 12.7 Å². The number of allylic oxidation sites excluding steroid dienone is 1. The van der Waals surface area contributed by atoms with Gasteiger partial charge in [-0.3, -0.25) is 4.99 Å². The molecule has 1 aliphatic rings. The van der Waals surface area contributed by atoms with Crippen LogP contribution in [0.25, 0.3) is 11.1 Å². The number of nitrogens with zero attached hydrogens (tertiary/aromatic N) is 1. The quantitative estimate of drug-likeness (QED) is 0.354. The Morgan fingerprint density at radius 2 is 1.67 bits per heavy atom. The van der Waals surface area contributed by atoms with E-state index in [0.717, 1.165) is 47.2 Å². The first kappa shape index (κ1) is 19.9. The lowest BCUT2D eigenvalue weighted by molar-refractivity contribution is 0.624. The summed E-state index contributed by atoms with van der Waals surface area (Å²) >= 11 is 0. The van der Waals surface area contributed by atoms with Gasteiger partial charge in [-0.2, -0.15) is 0 Å². The summed E-state index contributed by atoms with van der Waals surface area (Å²) in [5, 5.41) is 0. The van der Waals surface area contributed by atoms with Gasteiger partial charge >= 0.3 is 0 Å². The highest BCUT2D eigenvalue weighted by Gasteiger charge is 2.21. The number of nitrogen functional groups attached to an aromatic ring is 1. The van der Waals surface area contributed by atoms with Crippen LogP contribution < -0.4 is 11.5 Å². The van der Waals surface area contributed by atoms with E-state index in [-0.39, 0.29) is 11.7 Å². The standard InChI is InChI=1S/C26H26FN3/c1-16-6-8-17(9-7-16)25-21(5-3-4-18-14-20(28)11-13-22(18)25)19-10-12-23(24(27)15-19)26(29)30-2/h6-15H,3-5,28H2,1-2H3,(H2,29,30). The van der Waals surface area contributed by atoms with E-state index < -0.39 is 0 Å². The third-order valence-corrected chi connectivity index (χ3v) is 5.75. The van der Waals surface area contributed by atoms with Crippen molar-refractivity contribution in [2.45, 2.75) is 26.2 Å². The van der Waals surface area contributed by atoms with Crippen LogP contribution in [-0.4, -0.2) is 12.9 Å². The van der Waals surface area contributed by atoms with Gasteiger partial charge in [0.1, 0.15) is 11.7 Å². The Balaban J connectivity index is 1.97. The number of benzene rings is 3. The van der Waals surface area contributed by atoms with Crippen molar-refractivity contribution >= 4 is 22.7 Å². The van der Waals surface area contributed by atoms with E-state index in [1.54, 1.807) is 19.2 Å². The maximum absolute atomic E-state index is 14.9. The van der Waals surface area contributed by atoms with Crippen molar-refractivity contribution < 1.29 is 4.39 Å². The van der Waals surface area contributed by atoms with Crippen molar-refractivity contribution in [1.82, 2.24) is 0 Å². The van der Waals surface area contributed by atoms with Crippen LogP contribution >= 0.6 is 0 Å². The zero-order chi connectivity index (χ0) is 21.3. The van der Waals surface area contributed by atoms with Crippen LogP contribution in [0.15, 0.2) is 65.7 Å². The van der Waals surface area contributed by atoms with Gasteiger partial charge in [0.15, 0.2) is 0 Å². The Morgan fingerprint density at radius 3 is 2.37 bits per heavy atom. The van der Waals surface area contributed by atoms with Crippen molar-refractivity contribution in [2.24, 2.45) is 10.7 Å². The van der Waals surface area contributed by atoms with Gasteiger partial charge in [0.05, 0.1) is 5.56 Å². The van der Waals surface area contributed by atoms with Crippen LogP contribution in [-0.2, 0) is 6.42 Å². The second-order valence-electron chi connectivity index (χ2n) is 7.79. The predicted molar refractivity (Wildman–Crippen MR) is 124 cm³/mol. The summed E-state index contributed by atoms with van der Waals surface area (Å²) in [6.45, 7) is 2.08. The molecule has 0 spiro atoms. The molecule has 4 rings (SSSR count). The Hall–Kier alpha value is -3.40. The van der Waals surface area contributed by atoms with Crippen molar-refractivity contribution in [3.8, 4) is 0 Å². The summed E-state index contributed by atoms with van der Waals surface area (Å²) in [6, 6.07) is 19.9. The minimum absolute atomic E-state index is 0.202. The molecule has 0 amide bonds. The van der Waals surface area contributed by atoms with Gasteiger partial charge < -0.3 is 11.5 Å². The fourth-order valence-corrected chi connectivity index (χ4v) is 4.18. The molecular weight excluding hydrogens is 373 g/mol.